The highest BCUT2D eigenvalue weighted by molar-refractivity contribution is 5.95. The van der Waals surface area contributed by atoms with Gasteiger partial charge in [-0.15, -0.1) is 0 Å². The van der Waals surface area contributed by atoms with Crippen molar-refractivity contribution >= 4 is 22.8 Å². The summed E-state index contributed by atoms with van der Waals surface area (Å²) in [6, 6.07) is 13.9. The number of hydrogen-bond donors (Lipinski definition) is 2. The highest BCUT2D eigenvalue weighted by atomic mass is 16.2. The van der Waals surface area contributed by atoms with Gasteiger partial charge in [0.2, 0.25) is 5.91 Å². The Morgan fingerprint density at radius 1 is 1.14 bits per heavy atom. The summed E-state index contributed by atoms with van der Waals surface area (Å²) < 4.78 is 0. The molecule has 104 valence electrons. The van der Waals surface area contributed by atoms with E-state index in [1.807, 2.05) is 56.3 Å². The second-order valence-electron chi connectivity index (χ2n) is 5.62. The number of hydrazine groups is 1. The van der Waals surface area contributed by atoms with Gasteiger partial charge in [0.25, 0.3) is 0 Å². The monoisotopic (exact) mass is 277 g/mol. The number of nitrogens with one attached hydrogen (secondary N) is 2. The van der Waals surface area contributed by atoms with Crippen molar-refractivity contribution in [3.63, 3.8) is 0 Å². The minimum atomic E-state index is -0.635. The first-order valence-corrected chi connectivity index (χ1v) is 6.74. The summed E-state index contributed by atoms with van der Waals surface area (Å²) in [5.41, 5.74) is 7.10. The Labute approximate surface area is 123 Å². The summed E-state index contributed by atoms with van der Waals surface area (Å²) in [4.78, 5) is 11.8. The van der Waals surface area contributed by atoms with Gasteiger partial charge in [0.05, 0.1) is 17.0 Å². The standard InChI is InChI=1S/C17H15N3O/c1-17(2)15(19-20-16(17)21)9-14-12(10-18)8-7-11-5-3-4-6-13(11)14/h3-9,19H,1-2H3,(H,20,21)/b15-9-. The predicted molar refractivity (Wildman–Crippen MR) is 81.7 cm³/mol. The zero-order valence-electron chi connectivity index (χ0n) is 11.9. The zero-order chi connectivity index (χ0) is 15.0. The maximum atomic E-state index is 11.8. The van der Waals surface area contributed by atoms with Gasteiger partial charge in [0.1, 0.15) is 0 Å². The van der Waals surface area contributed by atoms with Crippen molar-refractivity contribution in [3.8, 4) is 6.07 Å². The van der Waals surface area contributed by atoms with Crippen LogP contribution >= 0.6 is 0 Å². The van der Waals surface area contributed by atoms with Crippen LogP contribution in [0, 0.1) is 16.7 Å². The minimum absolute atomic E-state index is 0.0764. The average molecular weight is 277 g/mol. The lowest BCUT2D eigenvalue weighted by Gasteiger charge is -2.15. The molecule has 1 saturated heterocycles. The molecular formula is C17H15N3O. The fraction of sp³-hybridized carbons (Fsp3) is 0.176. The van der Waals surface area contributed by atoms with E-state index in [0.29, 0.717) is 5.56 Å². The molecule has 0 bridgehead atoms. The van der Waals surface area contributed by atoms with E-state index in [1.54, 1.807) is 0 Å². The Morgan fingerprint density at radius 3 is 2.57 bits per heavy atom. The molecular weight excluding hydrogens is 262 g/mol. The number of nitriles is 1. The van der Waals surface area contributed by atoms with Gasteiger partial charge in [0, 0.05) is 11.3 Å². The predicted octanol–water partition coefficient (Wildman–Crippen LogP) is 2.71. The van der Waals surface area contributed by atoms with Gasteiger partial charge in [0.15, 0.2) is 0 Å². The second-order valence-corrected chi connectivity index (χ2v) is 5.62. The van der Waals surface area contributed by atoms with Crippen molar-refractivity contribution in [3.05, 3.63) is 53.2 Å². The SMILES string of the molecule is CC1(C)C(=O)NN/C1=C\c1c(C#N)ccc2ccccc12. The van der Waals surface area contributed by atoms with Crippen molar-refractivity contribution < 1.29 is 4.79 Å². The van der Waals surface area contributed by atoms with Crippen LogP contribution in [-0.4, -0.2) is 5.91 Å². The van der Waals surface area contributed by atoms with Gasteiger partial charge in [-0.25, -0.2) is 0 Å². The smallest absolute Gasteiger partial charge is 0.249 e. The third kappa shape index (κ3) is 2.03. The molecule has 1 fully saturated rings. The van der Waals surface area contributed by atoms with Crippen LogP contribution in [0.25, 0.3) is 16.8 Å². The first-order valence-electron chi connectivity index (χ1n) is 6.74. The highest BCUT2D eigenvalue weighted by Gasteiger charge is 2.38. The lowest BCUT2D eigenvalue weighted by Crippen LogP contribution is -2.28. The summed E-state index contributed by atoms with van der Waals surface area (Å²) in [6.07, 6.45) is 1.89. The van der Waals surface area contributed by atoms with E-state index in [2.05, 4.69) is 16.9 Å². The first kappa shape index (κ1) is 13.2. The van der Waals surface area contributed by atoms with Crippen LogP contribution in [0.4, 0.5) is 0 Å². The molecule has 2 aromatic rings. The Balaban J connectivity index is 2.26. The van der Waals surface area contributed by atoms with Crippen molar-refractivity contribution in [2.24, 2.45) is 5.41 Å². The van der Waals surface area contributed by atoms with E-state index in [0.717, 1.165) is 22.0 Å². The van der Waals surface area contributed by atoms with Crippen molar-refractivity contribution in [2.45, 2.75) is 13.8 Å². The van der Waals surface area contributed by atoms with Crippen LogP contribution in [0.5, 0.6) is 0 Å². The molecule has 1 aliphatic rings. The number of amides is 1. The summed E-state index contributed by atoms with van der Waals surface area (Å²) >= 11 is 0. The maximum Gasteiger partial charge on any atom is 0.249 e. The van der Waals surface area contributed by atoms with E-state index >= 15 is 0 Å². The van der Waals surface area contributed by atoms with Crippen LogP contribution in [0.15, 0.2) is 42.1 Å². The van der Waals surface area contributed by atoms with Crippen molar-refractivity contribution in [2.75, 3.05) is 0 Å². The van der Waals surface area contributed by atoms with Crippen molar-refractivity contribution in [1.29, 1.82) is 5.26 Å². The molecule has 0 atom stereocenters. The van der Waals surface area contributed by atoms with Crippen LogP contribution < -0.4 is 10.9 Å². The third-order valence-corrected chi connectivity index (χ3v) is 3.93. The lowest BCUT2D eigenvalue weighted by molar-refractivity contribution is -0.125. The molecule has 4 nitrogen and oxygen atoms in total. The number of benzene rings is 2. The number of rotatable bonds is 1. The molecule has 0 saturated carbocycles. The molecule has 3 rings (SSSR count). The number of carbonyl (C=O) groups excluding carboxylic acids is 1. The largest absolute Gasteiger partial charge is 0.302 e. The fourth-order valence-corrected chi connectivity index (χ4v) is 2.47. The lowest BCUT2D eigenvalue weighted by atomic mass is 9.87. The van der Waals surface area contributed by atoms with Gasteiger partial charge >= 0.3 is 0 Å². The Hall–Kier alpha value is -2.80. The third-order valence-electron chi connectivity index (χ3n) is 3.93. The molecule has 4 heteroatoms. The summed E-state index contributed by atoms with van der Waals surface area (Å²) in [7, 11) is 0. The molecule has 1 amide bonds. The fourth-order valence-electron chi connectivity index (χ4n) is 2.47. The van der Waals surface area contributed by atoms with E-state index in [-0.39, 0.29) is 5.91 Å². The molecule has 0 spiro atoms. The second kappa shape index (κ2) is 4.64. The van der Waals surface area contributed by atoms with Gasteiger partial charge in [-0.05, 0) is 36.8 Å². The van der Waals surface area contributed by atoms with Crippen LogP contribution in [-0.2, 0) is 4.79 Å². The molecule has 1 aliphatic heterocycles. The Bertz CT molecular complexity index is 812. The zero-order valence-corrected chi connectivity index (χ0v) is 11.9. The van der Waals surface area contributed by atoms with Crippen LogP contribution in [0.1, 0.15) is 25.0 Å². The summed E-state index contributed by atoms with van der Waals surface area (Å²) in [5, 5.41) is 11.4. The van der Waals surface area contributed by atoms with Gasteiger partial charge in [-0.1, -0.05) is 30.3 Å². The number of hydrogen-bond acceptors (Lipinski definition) is 3. The molecule has 1 heterocycles. The average Bonchev–Trinajstić information content (AvgIpc) is 2.74. The molecule has 0 aliphatic carbocycles. The quantitative estimate of drug-likeness (QED) is 0.842. The molecule has 0 aromatic heterocycles. The normalized spacial score (nSPS) is 18.3. The van der Waals surface area contributed by atoms with Crippen LogP contribution in [0.2, 0.25) is 0 Å². The Kier molecular flexibility index (Phi) is 2.91. The number of nitrogens with zero attached hydrogens (tertiary/aromatic N) is 1. The summed E-state index contributed by atoms with van der Waals surface area (Å²) in [5.74, 6) is -0.0764. The minimum Gasteiger partial charge on any atom is -0.302 e. The molecule has 21 heavy (non-hydrogen) atoms. The number of fused-ring (bicyclic) bond motifs is 1. The molecule has 0 unspecified atom stereocenters. The topological polar surface area (TPSA) is 64.9 Å². The molecule has 2 aromatic carbocycles. The highest BCUT2D eigenvalue weighted by Crippen LogP contribution is 2.32. The first-order chi connectivity index (χ1) is 10.0. The number of carbonyl (C=O) groups is 1. The van der Waals surface area contributed by atoms with E-state index in [9.17, 15) is 10.1 Å². The molecule has 0 radical (unpaired) electrons. The molecule has 2 N–H and O–H groups in total. The van der Waals surface area contributed by atoms with Gasteiger partial charge < -0.3 is 5.43 Å². The maximum absolute atomic E-state index is 11.8. The Morgan fingerprint density at radius 2 is 1.90 bits per heavy atom. The van der Waals surface area contributed by atoms with E-state index < -0.39 is 5.41 Å². The van der Waals surface area contributed by atoms with Gasteiger partial charge in [-0.2, -0.15) is 5.26 Å². The van der Waals surface area contributed by atoms with Gasteiger partial charge in [-0.3, -0.25) is 10.2 Å². The van der Waals surface area contributed by atoms with E-state index in [1.165, 1.54) is 0 Å². The summed E-state index contributed by atoms with van der Waals surface area (Å²) in [6.45, 7) is 3.71. The van der Waals surface area contributed by atoms with Crippen molar-refractivity contribution in [1.82, 2.24) is 10.9 Å². The van der Waals surface area contributed by atoms with E-state index in [4.69, 9.17) is 0 Å². The van der Waals surface area contributed by atoms with Crippen LogP contribution in [0.3, 0.4) is 0 Å².